The number of imide groups is 1. The highest BCUT2D eigenvalue weighted by atomic mass is 32.2. The molecule has 1 aliphatic heterocycles. The van der Waals surface area contributed by atoms with Crippen LogP contribution in [0.25, 0.3) is 11.0 Å². The zero-order chi connectivity index (χ0) is 21.3. The van der Waals surface area contributed by atoms with Crippen molar-refractivity contribution >= 4 is 34.8 Å². The molecule has 4 rings (SSSR count). The van der Waals surface area contributed by atoms with Gasteiger partial charge < -0.3 is 9.30 Å². The molecule has 1 fully saturated rings. The number of benzene rings is 2. The van der Waals surface area contributed by atoms with Crippen molar-refractivity contribution in [1.29, 1.82) is 0 Å². The molecule has 0 aliphatic carbocycles. The van der Waals surface area contributed by atoms with E-state index in [0.717, 1.165) is 26.7 Å². The van der Waals surface area contributed by atoms with Crippen LogP contribution in [-0.2, 0) is 21.5 Å². The second-order valence-electron chi connectivity index (χ2n) is 8.37. The van der Waals surface area contributed by atoms with E-state index in [0.29, 0.717) is 13.1 Å². The van der Waals surface area contributed by atoms with E-state index in [4.69, 9.17) is 9.72 Å². The third-order valence-electron chi connectivity index (χ3n) is 5.15. The molecule has 2 aromatic carbocycles. The van der Waals surface area contributed by atoms with Crippen LogP contribution in [0.2, 0.25) is 0 Å². The Labute approximate surface area is 180 Å². The highest BCUT2D eigenvalue weighted by molar-refractivity contribution is 7.99. The molecule has 0 radical (unpaired) electrons. The molecule has 30 heavy (non-hydrogen) atoms. The van der Waals surface area contributed by atoms with Gasteiger partial charge in [0.15, 0.2) is 5.16 Å². The fourth-order valence-electron chi connectivity index (χ4n) is 3.43. The van der Waals surface area contributed by atoms with Gasteiger partial charge in [0.05, 0.1) is 29.9 Å². The molecule has 1 aliphatic rings. The summed E-state index contributed by atoms with van der Waals surface area (Å²) >= 11 is 1.36. The van der Waals surface area contributed by atoms with Crippen LogP contribution >= 0.6 is 11.8 Å². The maximum Gasteiger partial charge on any atom is 0.416 e. The summed E-state index contributed by atoms with van der Waals surface area (Å²) in [6.45, 7) is 7.77. The van der Waals surface area contributed by atoms with Gasteiger partial charge in [-0.25, -0.2) is 14.7 Å². The molecule has 156 valence electrons. The number of ether oxygens (including phenoxy) is 1. The lowest BCUT2D eigenvalue weighted by Crippen LogP contribution is -2.33. The molecule has 0 spiro atoms. The number of cyclic esters (lactones) is 1. The predicted molar refractivity (Wildman–Crippen MR) is 118 cm³/mol. The number of thioether (sulfide) groups is 1. The van der Waals surface area contributed by atoms with Crippen molar-refractivity contribution in [1.82, 2.24) is 14.5 Å². The molecule has 0 bridgehead atoms. The van der Waals surface area contributed by atoms with Gasteiger partial charge in [0, 0.05) is 0 Å². The summed E-state index contributed by atoms with van der Waals surface area (Å²) < 4.78 is 7.01. The molecule has 1 aromatic heterocycles. The van der Waals surface area contributed by atoms with E-state index in [1.807, 2.05) is 18.2 Å². The van der Waals surface area contributed by atoms with Gasteiger partial charge in [0.25, 0.3) is 0 Å². The molecule has 7 heteroatoms. The number of hydrogen-bond acceptors (Lipinski definition) is 5. The zero-order valence-corrected chi connectivity index (χ0v) is 18.2. The third kappa shape index (κ3) is 4.21. The first-order chi connectivity index (χ1) is 14.3. The van der Waals surface area contributed by atoms with Crippen molar-refractivity contribution in [2.45, 2.75) is 37.9 Å². The minimum atomic E-state index is -0.562. The van der Waals surface area contributed by atoms with Crippen molar-refractivity contribution in [2.24, 2.45) is 0 Å². The standard InChI is InChI=1S/C23H25N3O3S/c1-23(2,3)17-9-10-19-18(13-17)24-21(26(19)14-16-7-5-4-6-8-16)30-15-20(27)25-11-12-29-22(25)28/h4-10,13H,11-12,14-15H2,1-3H3. The first-order valence-electron chi connectivity index (χ1n) is 9.97. The fraction of sp³-hybridized carbons (Fsp3) is 0.348. The van der Waals surface area contributed by atoms with Crippen LogP contribution in [0.1, 0.15) is 31.9 Å². The SMILES string of the molecule is CC(C)(C)c1ccc2c(c1)nc(SCC(=O)N1CCOC1=O)n2Cc1ccccc1. The largest absolute Gasteiger partial charge is 0.447 e. The van der Waals surface area contributed by atoms with E-state index in [2.05, 4.69) is 55.7 Å². The van der Waals surface area contributed by atoms with E-state index in [9.17, 15) is 9.59 Å². The Morgan fingerprint density at radius 1 is 1.17 bits per heavy atom. The molecular formula is C23H25N3O3S. The van der Waals surface area contributed by atoms with Gasteiger partial charge in [0.1, 0.15) is 6.61 Å². The molecule has 0 atom stereocenters. The number of imidazole rings is 1. The van der Waals surface area contributed by atoms with Gasteiger partial charge in [-0.05, 0) is 28.7 Å². The Hall–Kier alpha value is -2.80. The van der Waals surface area contributed by atoms with E-state index >= 15 is 0 Å². The van der Waals surface area contributed by atoms with Crippen LogP contribution in [0.3, 0.4) is 0 Å². The van der Waals surface area contributed by atoms with Crippen LogP contribution in [0.5, 0.6) is 0 Å². The highest BCUT2D eigenvalue weighted by Gasteiger charge is 2.28. The second-order valence-corrected chi connectivity index (χ2v) is 9.31. The number of hydrogen-bond donors (Lipinski definition) is 0. The quantitative estimate of drug-likeness (QED) is 0.567. The first-order valence-corrected chi connectivity index (χ1v) is 11.0. The number of fused-ring (bicyclic) bond motifs is 1. The van der Waals surface area contributed by atoms with Gasteiger partial charge in [-0.1, -0.05) is 68.9 Å². The number of nitrogens with zero attached hydrogens (tertiary/aromatic N) is 3. The lowest BCUT2D eigenvalue weighted by molar-refractivity contribution is -0.125. The number of carbonyl (C=O) groups excluding carboxylic acids is 2. The van der Waals surface area contributed by atoms with Crippen molar-refractivity contribution in [3.63, 3.8) is 0 Å². The van der Waals surface area contributed by atoms with Crippen molar-refractivity contribution in [3.05, 3.63) is 59.7 Å². The lowest BCUT2D eigenvalue weighted by atomic mass is 9.87. The minimum absolute atomic E-state index is 0.0246. The van der Waals surface area contributed by atoms with Gasteiger partial charge in [-0.3, -0.25) is 4.79 Å². The van der Waals surface area contributed by atoms with Crippen LogP contribution in [0.15, 0.2) is 53.7 Å². The molecule has 3 aromatic rings. The Bertz CT molecular complexity index is 1090. The summed E-state index contributed by atoms with van der Waals surface area (Å²) in [5.74, 6) is -0.115. The monoisotopic (exact) mass is 423 g/mol. The topological polar surface area (TPSA) is 64.4 Å². The maximum absolute atomic E-state index is 12.5. The Kier molecular flexibility index (Phi) is 5.56. The summed E-state index contributed by atoms with van der Waals surface area (Å²) in [6.07, 6.45) is -0.562. The number of carbonyl (C=O) groups is 2. The van der Waals surface area contributed by atoms with Crippen molar-refractivity contribution in [3.8, 4) is 0 Å². The van der Waals surface area contributed by atoms with Gasteiger partial charge in [-0.2, -0.15) is 0 Å². The molecule has 0 N–H and O–H groups in total. The summed E-state index contributed by atoms with van der Waals surface area (Å²) in [7, 11) is 0. The Morgan fingerprint density at radius 2 is 1.93 bits per heavy atom. The molecular weight excluding hydrogens is 398 g/mol. The van der Waals surface area contributed by atoms with Crippen LogP contribution < -0.4 is 0 Å². The minimum Gasteiger partial charge on any atom is -0.447 e. The third-order valence-corrected chi connectivity index (χ3v) is 6.11. The van der Waals surface area contributed by atoms with Gasteiger partial charge in [0.2, 0.25) is 5.91 Å². The molecule has 0 unspecified atom stereocenters. The Morgan fingerprint density at radius 3 is 2.60 bits per heavy atom. The number of rotatable bonds is 5. The fourth-order valence-corrected chi connectivity index (χ4v) is 4.32. The maximum atomic E-state index is 12.5. The lowest BCUT2D eigenvalue weighted by Gasteiger charge is -2.18. The van der Waals surface area contributed by atoms with E-state index < -0.39 is 6.09 Å². The normalized spacial score (nSPS) is 14.4. The van der Waals surface area contributed by atoms with Crippen molar-refractivity contribution in [2.75, 3.05) is 18.9 Å². The van der Waals surface area contributed by atoms with Crippen LogP contribution in [0, 0.1) is 0 Å². The highest BCUT2D eigenvalue weighted by Crippen LogP contribution is 2.30. The van der Waals surface area contributed by atoms with Gasteiger partial charge in [-0.15, -0.1) is 0 Å². The molecule has 0 saturated carbocycles. The van der Waals surface area contributed by atoms with E-state index in [1.165, 1.54) is 17.3 Å². The smallest absolute Gasteiger partial charge is 0.416 e. The zero-order valence-electron chi connectivity index (χ0n) is 17.4. The molecule has 1 saturated heterocycles. The summed E-state index contributed by atoms with van der Waals surface area (Å²) in [5.41, 5.74) is 4.34. The number of amides is 2. The van der Waals surface area contributed by atoms with Crippen LogP contribution in [0.4, 0.5) is 4.79 Å². The molecule has 2 amide bonds. The van der Waals surface area contributed by atoms with E-state index in [1.54, 1.807) is 0 Å². The Balaban J connectivity index is 1.66. The first kappa shape index (κ1) is 20.5. The summed E-state index contributed by atoms with van der Waals surface area (Å²) in [5, 5.41) is 0.765. The van der Waals surface area contributed by atoms with E-state index in [-0.39, 0.29) is 23.7 Å². The van der Waals surface area contributed by atoms with Crippen LogP contribution in [-0.4, -0.2) is 45.4 Å². The molecule has 6 nitrogen and oxygen atoms in total. The number of aromatic nitrogens is 2. The van der Waals surface area contributed by atoms with Crippen molar-refractivity contribution < 1.29 is 14.3 Å². The van der Waals surface area contributed by atoms with Gasteiger partial charge >= 0.3 is 6.09 Å². The summed E-state index contributed by atoms with van der Waals surface area (Å²) in [6, 6.07) is 16.6. The average Bonchev–Trinajstić information content (AvgIpc) is 3.29. The second kappa shape index (κ2) is 8.14. The molecule has 2 heterocycles. The summed E-state index contributed by atoms with van der Waals surface area (Å²) in [4.78, 5) is 30.1. The predicted octanol–water partition coefficient (Wildman–Crippen LogP) is 4.45. The average molecular weight is 424 g/mol.